The van der Waals surface area contributed by atoms with Crippen molar-refractivity contribution in [2.45, 2.75) is 219 Å². The summed E-state index contributed by atoms with van der Waals surface area (Å²) in [4.78, 5) is 38.0. The van der Waals surface area contributed by atoms with Gasteiger partial charge in [0.15, 0.2) is 6.10 Å². The van der Waals surface area contributed by atoms with Crippen LogP contribution in [0.4, 0.5) is 0 Å². The molecule has 0 aromatic heterocycles. The summed E-state index contributed by atoms with van der Waals surface area (Å²) in [6.07, 6.45) is 71.8. The van der Waals surface area contributed by atoms with Crippen LogP contribution in [-0.2, 0) is 28.6 Å². The third-order valence-electron chi connectivity index (χ3n) is 10.4. The number of carbonyl (C=O) groups is 3. The molecular formula is C59H94O6. The van der Waals surface area contributed by atoms with Crippen LogP contribution in [-0.4, -0.2) is 37.2 Å². The Morgan fingerprint density at radius 3 is 1.02 bits per heavy atom. The summed E-state index contributed by atoms with van der Waals surface area (Å²) < 4.78 is 16.7. The zero-order valence-corrected chi connectivity index (χ0v) is 41.7. The zero-order chi connectivity index (χ0) is 47.2. The van der Waals surface area contributed by atoms with E-state index < -0.39 is 6.10 Å². The van der Waals surface area contributed by atoms with Crippen molar-refractivity contribution in [2.75, 3.05) is 13.2 Å². The van der Waals surface area contributed by atoms with Gasteiger partial charge in [-0.3, -0.25) is 14.4 Å². The lowest BCUT2D eigenvalue weighted by Crippen LogP contribution is -2.30. The highest BCUT2D eigenvalue weighted by Crippen LogP contribution is 2.11. The van der Waals surface area contributed by atoms with Crippen molar-refractivity contribution >= 4 is 17.9 Å². The summed E-state index contributed by atoms with van der Waals surface area (Å²) in [5.41, 5.74) is 0. The number of esters is 3. The highest BCUT2D eigenvalue weighted by molar-refractivity contribution is 5.71. The molecule has 6 nitrogen and oxygen atoms in total. The van der Waals surface area contributed by atoms with Crippen LogP contribution in [0.3, 0.4) is 0 Å². The van der Waals surface area contributed by atoms with Gasteiger partial charge in [0.25, 0.3) is 0 Å². The van der Waals surface area contributed by atoms with Crippen LogP contribution in [0, 0.1) is 0 Å². The van der Waals surface area contributed by atoms with Gasteiger partial charge in [0.05, 0.1) is 0 Å². The molecule has 0 aliphatic rings. The molecule has 6 heteroatoms. The van der Waals surface area contributed by atoms with E-state index in [9.17, 15) is 14.4 Å². The Balaban J connectivity index is 4.60. The van der Waals surface area contributed by atoms with Crippen molar-refractivity contribution in [3.05, 3.63) is 122 Å². The average Bonchev–Trinajstić information content (AvgIpc) is 3.30. The number of carbonyl (C=O) groups excluding carboxylic acids is 3. The van der Waals surface area contributed by atoms with Crippen molar-refractivity contribution in [3.63, 3.8) is 0 Å². The number of ether oxygens (including phenoxy) is 3. The molecule has 0 aliphatic carbocycles. The number of rotatable bonds is 45. The molecule has 0 aliphatic heterocycles. The average molecular weight is 899 g/mol. The Bertz CT molecular complexity index is 1400. The molecule has 0 saturated carbocycles. The van der Waals surface area contributed by atoms with Crippen LogP contribution in [0.15, 0.2) is 122 Å². The fourth-order valence-corrected chi connectivity index (χ4v) is 6.51. The lowest BCUT2D eigenvalue weighted by molar-refractivity contribution is -0.167. The van der Waals surface area contributed by atoms with Crippen LogP contribution >= 0.6 is 0 Å². The lowest BCUT2D eigenvalue weighted by Gasteiger charge is -2.18. The highest BCUT2D eigenvalue weighted by atomic mass is 16.6. The third-order valence-corrected chi connectivity index (χ3v) is 10.4. The van der Waals surface area contributed by atoms with E-state index in [-0.39, 0.29) is 37.5 Å². The molecular weight excluding hydrogens is 805 g/mol. The van der Waals surface area contributed by atoms with Crippen molar-refractivity contribution in [1.82, 2.24) is 0 Å². The molecule has 0 radical (unpaired) electrons. The van der Waals surface area contributed by atoms with Crippen LogP contribution in [0.2, 0.25) is 0 Å². The normalized spacial score (nSPS) is 13.1. The first kappa shape index (κ1) is 60.8. The molecule has 0 rings (SSSR count). The number of hydrogen-bond acceptors (Lipinski definition) is 6. The second-order valence-corrected chi connectivity index (χ2v) is 16.7. The first-order valence-corrected chi connectivity index (χ1v) is 26.0. The molecule has 0 heterocycles. The van der Waals surface area contributed by atoms with Crippen molar-refractivity contribution in [1.29, 1.82) is 0 Å². The first-order chi connectivity index (χ1) is 32.0. The quantitative estimate of drug-likeness (QED) is 0.0262. The van der Waals surface area contributed by atoms with E-state index in [0.29, 0.717) is 25.7 Å². The van der Waals surface area contributed by atoms with Gasteiger partial charge < -0.3 is 14.2 Å². The smallest absolute Gasteiger partial charge is 0.306 e. The minimum atomic E-state index is -0.832. The molecule has 0 spiro atoms. The molecule has 0 N–H and O–H groups in total. The topological polar surface area (TPSA) is 78.9 Å². The predicted octanol–water partition coefficient (Wildman–Crippen LogP) is 17.3. The first-order valence-electron chi connectivity index (χ1n) is 26.0. The summed E-state index contributed by atoms with van der Waals surface area (Å²) >= 11 is 0. The molecule has 0 fully saturated rings. The summed E-state index contributed by atoms with van der Waals surface area (Å²) in [6.45, 7) is 6.36. The molecule has 0 amide bonds. The summed E-state index contributed by atoms with van der Waals surface area (Å²) in [5.74, 6) is -1.04. The van der Waals surface area contributed by atoms with Gasteiger partial charge in [-0.15, -0.1) is 0 Å². The van der Waals surface area contributed by atoms with Gasteiger partial charge in [0.1, 0.15) is 13.2 Å². The largest absolute Gasteiger partial charge is 0.462 e. The van der Waals surface area contributed by atoms with E-state index >= 15 is 0 Å². The van der Waals surface area contributed by atoms with Gasteiger partial charge in [-0.05, 0) is 128 Å². The standard InChI is InChI=1S/C59H94O6/c1-4-7-10-13-16-19-22-25-28-29-32-35-38-41-44-47-50-53-59(62)65-56(54-63-57(60)51-48-45-42-39-36-33-30-26-23-20-17-14-11-8-5-2)55-64-58(61)52-49-46-43-40-37-34-31-27-24-21-18-15-12-9-6-3/h7,10,16-21,25-28,30-32,35-36,39,41,44,56H,4-6,8-9,11-15,22-24,29,33-34,37-38,40,42-43,45-55H2,1-3H3/b10-7-,19-16-,20-17-,21-18-,28-25-,30-26-,31-27-,35-32-,39-36-,44-41-/t56-/m1/s1. The number of allylic oxidation sites excluding steroid dienone is 20. The highest BCUT2D eigenvalue weighted by Gasteiger charge is 2.19. The molecule has 0 saturated heterocycles. The summed E-state index contributed by atoms with van der Waals surface area (Å²) in [6, 6.07) is 0. The zero-order valence-electron chi connectivity index (χ0n) is 41.7. The predicted molar refractivity (Wildman–Crippen MR) is 279 cm³/mol. The molecule has 0 aromatic rings. The summed E-state index contributed by atoms with van der Waals surface area (Å²) in [7, 11) is 0. The second-order valence-electron chi connectivity index (χ2n) is 16.7. The maximum atomic E-state index is 12.8. The van der Waals surface area contributed by atoms with Gasteiger partial charge in [-0.1, -0.05) is 187 Å². The third kappa shape index (κ3) is 50.7. The second kappa shape index (κ2) is 52.4. The Labute approximate surface area is 399 Å². The minimum Gasteiger partial charge on any atom is -0.462 e. The summed E-state index contributed by atoms with van der Waals surface area (Å²) in [5, 5.41) is 0. The Hall–Kier alpha value is -4.19. The van der Waals surface area contributed by atoms with E-state index in [1.54, 1.807) is 0 Å². The SMILES string of the molecule is CC/C=C\C/C=C\C/C=C\C/C=C\C/C=C\CCCC(=O)O[C@H](COC(=O)CCCC/C=C\C/C=C\C/C=C\CCCCC)COC(=O)CCCCCCC/C=C\C/C=C\CCCCC. The van der Waals surface area contributed by atoms with Crippen molar-refractivity contribution < 1.29 is 28.6 Å². The van der Waals surface area contributed by atoms with Gasteiger partial charge in [0, 0.05) is 19.3 Å². The monoisotopic (exact) mass is 899 g/mol. The molecule has 0 bridgehead atoms. The molecule has 0 aromatic carbocycles. The van der Waals surface area contributed by atoms with Crippen LogP contribution in [0.1, 0.15) is 213 Å². The Morgan fingerprint density at radius 2 is 0.615 bits per heavy atom. The van der Waals surface area contributed by atoms with E-state index in [2.05, 4.69) is 142 Å². The van der Waals surface area contributed by atoms with Gasteiger partial charge in [-0.25, -0.2) is 0 Å². The fraction of sp³-hybridized carbons (Fsp3) is 0.610. The van der Waals surface area contributed by atoms with E-state index in [1.807, 2.05) is 0 Å². The van der Waals surface area contributed by atoms with Crippen molar-refractivity contribution in [2.24, 2.45) is 0 Å². The lowest BCUT2D eigenvalue weighted by atomic mass is 10.1. The molecule has 65 heavy (non-hydrogen) atoms. The van der Waals surface area contributed by atoms with E-state index in [4.69, 9.17) is 14.2 Å². The van der Waals surface area contributed by atoms with Crippen molar-refractivity contribution in [3.8, 4) is 0 Å². The molecule has 366 valence electrons. The van der Waals surface area contributed by atoms with Gasteiger partial charge in [-0.2, -0.15) is 0 Å². The van der Waals surface area contributed by atoms with E-state index in [1.165, 1.54) is 51.4 Å². The van der Waals surface area contributed by atoms with E-state index in [0.717, 1.165) is 109 Å². The Kier molecular flexibility index (Phi) is 49.1. The van der Waals surface area contributed by atoms with Gasteiger partial charge >= 0.3 is 17.9 Å². The van der Waals surface area contributed by atoms with Crippen LogP contribution in [0.5, 0.6) is 0 Å². The number of unbranched alkanes of at least 4 members (excludes halogenated alkanes) is 14. The van der Waals surface area contributed by atoms with Gasteiger partial charge in [0.2, 0.25) is 0 Å². The van der Waals surface area contributed by atoms with Crippen LogP contribution in [0.25, 0.3) is 0 Å². The molecule has 1 atom stereocenters. The maximum Gasteiger partial charge on any atom is 0.306 e. The Morgan fingerprint density at radius 1 is 0.323 bits per heavy atom. The minimum absolute atomic E-state index is 0.124. The van der Waals surface area contributed by atoms with Crippen LogP contribution < -0.4 is 0 Å². The number of hydrogen-bond donors (Lipinski definition) is 0. The maximum absolute atomic E-state index is 12.8. The molecule has 0 unspecified atom stereocenters. The fourth-order valence-electron chi connectivity index (χ4n) is 6.51.